The second kappa shape index (κ2) is 7.90. The zero-order chi connectivity index (χ0) is 20.4. The summed E-state index contributed by atoms with van der Waals surface area (Å²) in [6, 6.07) is 12.4. The third kappa shape index (κ3) is 3.80. The number of nitrogens with one attached hydrogen (secondary N) is 2. The molecule has 0 aromatic heterocycles. The number of anilines is 1. The first kappa shape index (κ1) is 19.7. The minimum absolute atomic E-state index is 0.123. The minimum atomic E-state index is -0.535. The maximum atomic E-state index is 12.4. The number of benzene rings is 2. The van der Waals surface area contributed by atoms with E-state index >= 15 is 0 Å². The Hall–Kier alpha value is -3.06. The Morgan fingerprint density at radius 1 is 1.04 bits per heavy atom. The summed E-state index contributed by atoms with van der Waals surface area (Å²) in [6.07, 6.45) is 0. The third-order valence-electron chi connectivity index (χ3n) is 4.60. The average molecular weight is 395 g/mol. The Kier molecular flexibility index (Phi) is 5.56. The maximum Gasteiger partial charge on any atom is 0.262 e. The van der Waals surface area contributed by atoms with E-state index in [1.807, 2.05) is 25.1 Å². The van der Waals surface area contributed by atoms with Gasteiger partial charge in [-0.15, -0.1) is 0 Å². The van der Waals surface area contributed by atoms with Crippen molar-refractivity contribution in [3.8, 4) is 0 Å². The first-order chi connectivity index (χ1) is 13.3. The fourth-order valence-electron chi connectivity index (χ4n) is 3.18. The van der Waals surface area contributed by atoms with Gasteiger partial charge >= 0.3 is 0 Å². The smallest absolute Gasteiger partial charge is 0.262 e. The summed E-state index contributed by atoms with van der Waals surface area (Å²) in [5, 5.41) is 5.74. The molecule has 0 aliphatic carbocycles. The predicted molar refractivity (Wildman–Crippen MR) is 111 cm³/mol. The number of aryl methyl sites for hydroxylation is 1. The largest absolute Gasteiger partial charge is 0.332 e. The summed E-state index contributed by atoms with van der Waals surface area (Å²) in [7, 11) is 0. The highest BCUT2D eigenvalue weighted by atomic mass is 32.1. The quantitative estimate of drug-likeness (QED) is 0.614. The van der Waals surface area contributed by atoms with Gasteiger partial charge in [0.2, 0.25) is 5.91 Å². The van der Waals surface area contributed by atoms with Crippen molar-refractivity contribution in [2.45, 2.75) is 26.7 Å². The predicted octanol–water partition coefficient (Wildman–Crippen LogP) is 3.23. The van der Waals surface area contributed by atoms with E-state index in [4.69, 9.17) is 12.2 Å². The molecule has 1 aliphatic heterocycles. The standard InChI is InChI=1S/C21H21N3O3S/c1-12(2)14-10-6-7-13(3)18(14)23-21(28)22-17(25)11-24-19(26)15-8-4-5-9-16(15)20(24)27/h4-10,12H,11H2,1-3H3,(H2,22,23,25,28). The van der Waals surface area contributed by atoms with Crippen LogP contribution in [0.1, 0.15) is 51.6 Å². The summed E-state index contributed by atoms with van der Waals surface area (Å²) < 4.78 is 0. The zero-order valence-corrected chi connectivity index (χ0v) is 16.7. The minimum Gasteiger partial charge on any atom is -0.332 e. The number of imide groups is 1. The van der Waals surface area contributed by atoms with Crippen molar-refractivity contribution in [2.24, 2.45) is 0 Å². The van der Waals surface area contributed by atoms with Gasteiger partial charge in [0, 0.05) is 5.69 Å². The van der Waals surface area contributed by atoms with Crippen LogP contribution >= 0.6 is 12.2 Å². The Bertz CT molecular complexity index is 950. The number of rotatable bonds is 4. The number of hydrogen-bond acceptors (Lipinski definition) is 4. The second-order valence-corrected chi connectivity index (χ2v) is 7.35. The van der Waals surface area contributed by atoms with Gasteiger partial charge in [0.15, 0.2) is 5.11 Å². The molecule has 1 heterocycles. The molecule has 0 unspecified atom stereocenters. The fraction of sp³-hybridized carbons (Fsp3) is 0.238. The molecule has 2 N–H and O–H groups in total. The van der Waals surface area contributed by atoms with E-state index in [1.165, 1.54) is 0 Å². The summed E-state index contributed by atoms with van der Waals surface area (Å²) in [4.78, 5) is 38.0. The van der Waals surface area contributed by atoms with Gasteiger partial charge < -0.3 is 10.6 Å². The van der Waals surface area contributed by atoms with Gasteiger partial charge in [0.25, 0.3) is 11.8 Å². The van der Waals surface area contributed by atoms with Crippen LogP contribution in [-0.4, -0.2) is 34.3 Å². The fourth-order valence-corrected chi connectivity index (χ4v) is 3.40. The molecule has 7 heteroatoms. The molecule has 28 heavy (non-hydrogen) atoms. The maximum absolute atomic E-state index is 12.4. The molecule has 0 bridgehead atoms. The Morgan fingerprint density at radius 2 is 1.64 bits per heavy atom. The van der Waals surface area contributed by atoms with Crippen molar-refractivity contribution in [2.75, 3.05) is 11.9 Å². The van der Waals surface area contributed by atoms with Crippen LogP contribution in [0.25, 0.3) is 0 Å². The lowest BCUT2D eigenvalue weighted by Crippen LogP contribution is -2.43. The highest BCUT2D eigenvalue weighted by Crippen LogP contribution is 2.27. The molecular formula is C21H21N3O3S. The molecule has 6 nitrogen and oxygen atoms in total. The van der Waals surface area contributed by atoms with Crippen molar-refractivity contribution >= 4 is 40.7 Å². The number of amides is 3. The van der Waals surface area contributed by atoms with Crippen molar-refractivity contribution in [3.63, 3.8) is 0 Å². The Labute approximate surface area is 168 Å². The van der Waals surface area contributed by atoms with E-state index < -0.39 is 17.7 Å². The van der Waals surface area contributed by atoms with Gasteiger partial charge in [0.1, 0.15) is 6.54 Å². The number of fused-ring (bicyclic) bond motifs is 1. The van der Waals surface area contributed by atoms with Gasteiger partial charge in [-0.2, -0.15) is 0 Å². The van der Waals surface area contributed by atoms with Gasteiger partial charge in [-0.25, -0.2) is 0 Å². The average Bonchev–Trinajstić information content (AvgIpc) is 2.88. The van der Waals surface area contributed by atoms with Crippen LogP contribution < -0.4 is 10.6 Å². The van der Waals surface area contributed by atoms with Gasteiger partial charge in [-0.1, -0.05) is 44.2 Å². The second-order valence-electron chi connectivity index (χ2n) is 6.94. The normalized spacial score (nSPS) is 12.9. The van der Waals surface area contributed by atoms with Crippen LogP contribution in [0.5, 0.6) is 0 Å². The first-order valence-electron chi connectivity index (χ1n) is 8.95. The van der Waals surface area contributed by atoms with Gasteiger partial charge in [0.05, 0.1) is 11.1 Å². The molecule has 0 spiro atoms. The molecule has 144 valence electrons. The van der Waals surface area contributed by atoms with E-state index in [0.29, 0.717) is 11.1 Å². The molecule has 2 aromatic rings. The Morgan fingerprint density at radius 3 is 2.21 bits per heavy atom. The van der Waals surface area contributed by atoms with E-state index in [2.05, 4.69) is 24.5 Å². The summed E-state index contributed by atoms with van der Waals surface area (Å²) in [5.74, 6) is -1.21. The van der Waals surface area contributed by atoms with Crippen molar-refractivity contribution in [1.82, 2.24) is 10.2 Å². The lowest BCUT2D eigenvalue weighted by molar-refractivity contribution is -0.120. The number of thiocarbonyl (C=S) groups is 1. The molecule has 0 atom stereocenters. The number of hydrogen-bond donors (Lipinski definition) is 2. The Balaban J connectivity index is 1.66. The summed E-state index contributed by atoms with van der Waals surface area (Å²) in [6.45, 7) is 5.71. The zero-order valence-electron chi connectivity index (χ0n) is 15.9. The third-order valence-corrected chi connectivity index (χ3v) is 4.80. The highest BCUT2D eigenvalue weighted by Gasteiger charge is 2.36. The van der Waals surface area contributed by atoms with Crippen LogP contribution in [-0.2, 0) is 4.79 Å². The number of nitrogens with zero attached hydrogens (tertiary/aromatic N) is 1. The molecule has 3 amide bonds. The molecule has 1 aliphatic rings. The van der Waals surface area contributed by atoms with E-state index in [0.717, 1.165) is 21.7 Å². The van der Waals surface area contributed by atoms with Crippen LogP contribution in [0.3, 0.4) is 0 Å². The van der Waals surface area contributed by atoms with E-state index in [-0.39, 0.29) is 17.6 Å². The molecule has 0 radical (unpaired) electrons. The van der Waals surface area contributed by atoms with Crippen molar-refractivity contribution < 1.29 is 14.4 Å². The number of para-hydroxylation sites is 1. The van der Waals surface area contributed by atoms with E-state index in [9.17, 15) is 14.4 Å². The van der Waals surface area contributed by atoms with E-state index in [1.54, 1.807) is 24.3 Å². The van der Waals surface area contributed by atoms with Crippen LogP contribution in [0.2, 0.25) is 0 Å². The molecule has 0 saturated heterocycles. The van der Waals surface area contributed by atoms with Crippen LogP contribution in [0.4, 0.5) is 5.69 Å². The lowest BCUT2D eigenvalue weighted by atomic mass is 9.98. The van der Waals surface area contributed by atoms with Crippen LogP contribution in [0, 0.1) is 6.92 Å². The van der Waals surface area contributed by atoms with Gasteiger partial charge in [-0.3, -0.25) is 19.3 Å². The monoisotopic (exact) mass is 395 g/mol. The molecule has 0 fully saturated rings. The first-order valence-corrected chi connectivity index (χ1v) is 9.36. The van der Waals surface area contributed by atoms with Crippen LogP contribution in [0.15, 0.2) is 42.5 Å². The summed E-state index contributed by atoms with van der Waals surface area (Å²) >= 11 is 5.26. The molecule has 0 saturated carbocycles. The molecular weight excluding hydrogens is 374 g/mol. The summed E-state index contributed by atoms with van der Waals surface area (Å²) in [5.41, 5.74) is 3.55. The highest BCUT2D eigenvalue weighted by molar-refractivity contribution is 7.80. The topological polar surface area (TPSA) is 78.5 Å². The van der Waals surface area contributed by atoms with Crippen molar-refractivity contribution in [1.29, 1.82) is 0 Å². The number of carbonyl (C=O) groups is 3. The SMILES string of the molecule is Cc1cccc(C(C)C)c1NC(=S)NC(=O)CN1C(=O)c2ccccc2C1=O. The molecule has 3 rings (SSSR count). The number of carbonyl (C=O) groups excluding carboxylic acids is 3. The lowest BCUT2D eigenvalue weighted by Gasteiger charge is -2.19. The van der Waals surface area contributed by atoms with Gasteiger partial charge in [-0.05, 0) is 48.3 Å². The molecule has 2 aromatic carbocycles. The van der Waals surface area contributed by atoms with Crippen molar-refractivity contribution in [3.05, 3.63) is 64.7 Å².